The van der Waals surface area contributed by atoms with Crippen LogP contribution in [0.15, 0.2) is 29.4 Å². The number of rotatable bonds is 4. The van der Waals surface area contributed by atoms with Gasteiger partial charge in [0.2, 0.25) is 0 Å². The molecule has 0 aromatic heterocycles. The third-order valence-electron chi connectivity index (χ3n) is 5.66. The molecule has 2 aromatic carbocycles. The Balaban J connectivity index is 1.79. The summed E-state index contributed by atoms with van der Waals surface area (Å²) in [6, 6.07) is 7.35. The number of oxime groups is 1. The fraction of sp³-hybridized carbons (Fsp3) is 0.348. The number of benzene rings is 2. The van der Waals surface area contributed by atoms with Crippen LogP contribution in [-0.2, 0) is 4.84 Å². The monoisotopic (exact) mass is 439 g/mol. The van der Waals surface area contributed by atoms with Crippen molar-refractivity contribution in [1.82, 2.24) is 4.90 Å². The zero-order valence-electron chi connectivity index (χ0n) is 17.7. The standard InChI is InChI=1S/C23H22FN3O5/c1-13-14(10-25)7-15(24)8-20(13)18-3-4-19(22-21(18)31-5-6-32-22)23(29)27-11-16(26-30-2)9-17(27)12-28/h3-4,7-8,17,28H,5-6,9,11-12H2,1-2H3/b26-16+/t17-/m0/s1. The van der Waals surface area contributed by atoms with Crippen molar-refractivity contribution in [2.75, 3.05) is 33.5 Å². The van der Waals surface area contributed by atoms with E-state index in [0.29, 0.717) is 34.6 Å². The summed E-state index contributed by atoms with van der Waals surface area (Å²) in [5.41, 5.74) is 2.78. The van der Waals surface area contributed by atoms with E-state index < -0.39 is 11.9 Å². The summed E-state index contributed by atoms with van der Waals surface area (Å²) in [7, 11) is 1.43. The molecule has 1 saturated heterocycles. The van der Waals surface area contributed by atoms with Gasteiger partial charge in [0.15, 0.2) is 11.5 Å². The smallest absolute Gasteiger partial charge is 0.258 e. The number of aliphatic hydroxyl groups is 1. The maximum Gasteiger partial charge on any atom is 0.258 e. The van der Waals surface area contributed by atoms with E-state index in [1.807, 2.05) is 6.07 Å². The Bertz CT molecular complexity index is 1140. The number of halogens is 1. The summed E-state index contributed by atoms with van der Waals surface area (Å²) in [6.45, 7) is 2.26. The highest BCUT2D eigenvalue weighted by atomic mass is 19.1. The summed E-state index contributed by atoms with van der Waals surface area (Å²) in [5, 5.41) is 23.0. The molecule has 1 atom stereocenters. The van der Waals surface area contributed by atoms with Gasteiger partial charge in [-0.15, -0.1) is 0 Å². The van der Waals surface area contributed by atoms with Crippen LogP contribution in [0.1, 0.15) is 27.9 Å². The zero-order chi connectivity index (χ0) is 22.8. The first-order valence-corrected chi connectivity index (χ1v) is 10.1. The summed E-state index contributed by atoms with van der Waals surface area (Å²) >= 11 is 0. The number of aliphatic hydroxyl groups excluding tert-OH is 1. The predicted octanol–water partition coefficient (Wildman–Crippen LogP) is 2.65. The van der Waals surface area contributed by atoms with Crippen molar-refractivity contribution in [3.05, 3.63) is 46.8 Å². The topological polar surface area (TPSA) is 104 Å². The normalized spacial score (nSPS) is 18.5. The van der Waals surface area contributed by atoms with Crippen molar-refractivity contribution in [3.63, 3.8) is 0 Å². The Kier molecular flexibility index (Phi) is 5.97. The third kappa shape index (κ3) is 3.74. The molecular weight excluding hydrogens is 417 g/mol. The largest absolute Gasteiger partial charge is 0.485 e. The van der Waals surface area contributed by atoms with E-state index in [1.165, 1.54) is 24.1 Å². The highest BCUT2D eigenvalue weighted by molar-refractivity contribution is 6.03. The number of ether oxygens (including phenoxy) is 2. The molecule has 32 heavy (non-hydrogen) atoms. The van der Waals surface area contributed by atoms with Gasteiger partial charge in [0.05, 0.1) is 42.1 Å². The molecule has 1 amide bonds. The van der Waals surface area contributed by atoms with Crippen molar-refractivity contribution in [2.45, 2.75) is 19.4 Å². The van der Waals surface area contributed by atoms with E-state index in [4.69, 9.17) is 14.3 Å². The number of nitrogens with zero attached hydrogens (tertiary/aromatic N) is 3. The summed E-state index contributed by atoms with van der Waals surface area (Å²) in [5.74, 6) is -0.298. The second kappa shape index (κ2) is 8.85. The predicted molar refractivity (Wildman–Crippen MR) is 113 cm³/mol. The Morgan fingerprint density at radius 3 is 2.75 bits per heavy atom. The molecule has 0 bridgehead atoms. The molecule has 2 aliphatic rings. The molecule has 166 valence electrons. The van der Waals surface area contributed by atoms with Crippen LogP contribution >= 0.6 is 0 Å². The van der Waals surface area contributed by atoms with E-state index >= 15 is 0 Å². The van der Waals surface area contributed by atoms with Gasteiger partial charge < -0.3 is 24.3 Å². The minimum atomic E-state index is -0.541. The van der Waals surface area contributed by atoms with E-state index in [2.05, 4.69) is 5.16 Å². The van der Waals surface area contributed by atoms with E-state index in [1.54, 1.807) is 19.1 Å². The molecular formula is C23H22FN3O5. The second-order valence-corrected chi connectivity index (χ2v) is 7.57. The average Bonchev–Trinajstić information content (AvgIpc) is 3.22. The third-order valence-corrected chi connectivity index (χ3v) is 5.66. The number of amides is 1. The number of nitriles is 1. The molecule has 0 unspecified atom stereocenters. The van der Waals surface area contributed by atoms with Gasteiger partial charge in [0, 0.05) is 12.0 Å². The molecule has 8 nitrogen and oxygen atoms in total. The first kappa shape index (κ1) is 21.6. The maximum absolute atomic E-state index is 14.2. The van der Waals surface area contributed by atoms with Gasteiger partial charge in [0.1, 0.15) is 26.1 Å². The van der Waals surface area contributed by atoms with Crippen molar-refractivity contribution < 1.29 is 28.6 Å². The summed E-state index contributed by atoms with van der Waals surface area (Å²) in [4.78, 5) is 19.7. The number of carbonyl (C=O) groups is 1. The van der Waals surface area contributed by atoms with Crippen LogP contribution < -0.4 is 9.47 Å². The highest BCUT2D eigenvalue weighted by Crippen LogP contribution is 2.44. The van der Waals surface area contributed by atoms with Gasteiger partial charge in [-0.2, -0.15) is 5.26 Å². The Hall–Kier alpha value is -3.64. The van der Waals surface area contributed by atoms with Crippen LogP contribution in [-0.4, -0.2) is 61.1 Å². The number of fused-ring (bicyclic) bond motifs is 1. The highest BCUT2D eigenvalue weighted by Gasteiger charge is 2.36. The van der Waals surface area contributed by atoms with Gasteiger partial charge in [-0.3, -0.25) is 4.79 Å². The second-order valence-electron chi connectivity index (χ2n) is 7.57. The Labute approximate surface area is 184 Å². The lowest BCUT2D eigenvalue weighted by Gasteiger charge is -2.27. The molecule has 0 aliphatic carbocycles. The number of hydrogen-bond acceptors (Lipinski definition) is 7. The minimum Gasteiger partial charge on any atom is -0.485 e. The first-order chi connectivity index (χ1) is 15.5. The lowest BCUT2D eigenvalue weighted by atomic mass is 9.94. The number of likely N-dealkylation sites (tertiary alicyclic amines) is 1. The molecule has 0 saturated carbocycles. The van der Waals surface area contributed by atoms with E-state index in [9.17, 15) is 19.6 Å². The molecule has 1 fully saturated rings. The molecule has 0 spiro atoms. The fourth-order valence-electron chi connectivity index (χ4n) is 4.12. The maximum atomic E-state index is 14.2. The zero-order valence-corrected chi connectivity index (χ0v) is 17.7. The van der Waals surface area contributed by atoms with Crippen molar-refractivity contribution in [1.29, 1.82) is 5.26 Å². The minimum absolute atomic E-state index is 0.217. The molecule has 4 rings (SSSR count). The number of carbonyl (C=O) groups excluding carboxylic acids is 1. The van der Waals surface area contributed by atoms with Gasteiger partial charge in [-0.05, 0) is 42.3 Å². The van der Waals surface area contributed by atoms with Crippen molar-refractivity contribution in [3.8, 4) is 28.7 Å². The molecule has 2 heterocycles. The Morgan fingerprint density at radius 2 is 2.06 bits per heavy atom. The molecule has 9 heteroatoms. The lowest BCUT2D eigenvalue weighted by Crippen LogP contribution is -2.38. The lowest BCUT2D eigenvalue weighted by molar-refractivity contribution is 0.0670. The summed E-state index contributed by atoms with van der Waals surface area (Å²) in [6.07, 6.45) is 0.410. The van der Waals surface area contributed by atoms with E-state index in [-0.39, 0.29) is 49.1 Å². The first-order valence-electron chi connectivity index (χ1n) is 10.1. The summed E-state index contributed by atoms with van der Waals surface area (Å²) < 4.78 is 25.8. The van der Waals surface area contributed by atoms with Crippen LogP contribution in [0.2, 0.25) is 0 Å². The van der Waals surface area contributed by atoms with Crippen LogP contribution in [0.5, 0.6) is 11.5 Å². The van der Waals surface area contributed by atoms with E-state index in [0.717, 1.165) is 0 Å². The molecule has 2 aliphatic heterocycles. The number of hydrogen-bond donors (Lipinski definition) is 1. The fourth-order valence-corrected chi connectivity index (χ4v) is 4.12. The SMILES string of the molecule is CO/N=C1\C[C@@H](CO)N(C(=O)c2ccc(-c3cc(F)cc(C#N)c3C)c3c2OCCO3)C1. The van der Waals surface area contributed by atoms with Crippen LogP contribution in [0.3, 0.4) is 0 Å². The molecule has 1 N–H and O–H groups in total. The molecule has 2 aromatic rings. The van der Waals surface area contributed by atoms with Gasteiger partial charge in [-0.1, -0.05) is 5.16 Å². The quantitative estimate of drug-likeness (QED) is 0.735. The van der Waals surface area contributed by atoms with Gasteiger partial charge in [0.25, 0.3) is 5.91 Å². The van der Waals surface area contributed by atoms with Crippen LogP contribution in [0, 0.1) is 24.1 Å². The van der Waals surface area contributed by atoms with Crippen molar-refractivity contribution in [2.24, 2.45) is 5.16 Å². The van der Waals surface area contributed by atoms with Gasteiger partial charge >= 0.3 is 0 Å². The molecule has 0 radical (unpaired) electrons. The van der Waals surface area contributed by atoms with Crippen molar-refractivity contribution >= 4 is 11.6 Å². The average molecular weight is 439 g/mol. The van der Waals surface area contributed by atoms with Crippen LogP contribution in [0.25, 0.3) is 11.1 Å². The van der Waals surface area contributed by atoms with Crippen LogP contribution in [0.4, 0.5) is 4.39 Å². The Morgan fingerprint density at radius 1 is 1.31 bits per heavy atom. The van der Waals surface area contributed by atoms with Gasteiger partial charge in [-0.25, -0.2) is 4.39 Å².